The summed E-state index contributed by atoms with van der Waals surface area (Å²) in [7, 11) is -1.49. The Kier molecular flexibility index (Phi) is 13.2. The number of nitrogens with one attached hydrogen (secondary N) is 1. The monoisotopic (exact) mass is 424 g/mol. The zero-order valence-electron chi connectivity index (χ0n) is 13.8. The Bertz CT molecular complexity index is 412. The van der Waals surface area contributed by atoms with Gasteiger partial charge in [0, 0.05) is 20.2 Å². The average molecular weight is 427 g/mol. The third-order valence-corrected chi connectivity index (χ3v) is 7.12. The number of aliphatic hydroxyl groups excluding tert-OH is 1. The second-order valence-electron chi connectivity index (χ2n) is 6.64. The summed E-state index contributed by atoms with van der Waals surface area (Å²) < 4.78 is 0. The van der Waals surface area contributed by atoms with Gasteiger partial charge >= 0.3 is 26.2 Å². The van der Waals surface area contributed by atoms with Crippen LogP contribution in [0.2, 0.25) is 19.1 Å². The van der Waals surface area contributed by atoms with Crippen LogP contribution < -0.4 is 30.1 Å². The van der Waals surface area contributed by atoms with E-state index in [1.165, 1.54) is 10.8 Å². The molecule has 0 aromatic heterocycles. The molecule has 2 N–H and O–H groups in total. The molecule has 119 valence electrons. The van der Waals surface area contributed by atoms with E-state index in [0.717, 1.165) is 11.7 Å². The minimum absolute atomic E-state index is 0. The van der Waals surface area contributed by atoms with Gasteiger partial charge in [-0.2, -0.15) is 17.7 Å². The van der Waals surface area contributed by atoms with Gasteiger partial charge in [0.15, 0.2) is 0 Å². The molecule has 2 nitrogen and oxygen atoms in total. The molecule has 0 aromatic rings. The summed E-state index contributed by atoms with van der Waals surface area (Å²) in [6.07, 6.45) is 7.66. The molecule has 0 heterocycles. The number of allylic oxidation sites excluding steroid dienone is 5. The fraction of sp³-hybridized carbons (Fsp3) is 0.600. The van der Waals surface area contributed by atoms with E-state index in [0.29, 0.717) is 0 Å². The number of rotatable bonds is 4. The zero-order chi connectivity index (χ0) is 14.0. The van der Waals surface area contributed by atoms with Gasteiger partial charge in [-0.05, 0) is 26.8 Å². The number of hydrogen-bond acceptors (Lipinski definition) is 2. The summed E-state index contributed by atoms with van der Waals surface area (Å²) in [4.78, 5) is 0. The van der Waals surface area contributed by atoms with E-state index in [1.54, 1.807) is 0 Å². The van der Waals surface area contributed by atoms with Gasteiger partial charge in [0.1, 0.15) is 0 Å². The van der Waals surface area contributed by atoms with Gasteiger partial charge in [0.2, 0.25) is 0 Å². The minimum atomic E-state index is -1.49. The molecule has 0 saturated heterocycles. The third-order valence-electron chi connectivity index (χ3n) is 3.35. The number of halogens is 2. The molecule has 0 aliphatic heterocycles. The van der Waals surface area contributed by atoms with Gasteiger partial charge in [-0.25, -0.2) is 0 Å². The molecular formula is C15H26Cl2NOSiZr. The first-order valence-electron chi connectivity index (χ1n) is 6.58. The van der Waals surface area contributed by atoms with Crippen LogP contribution in [-0.2, 0) is 26.2 Å². The van der Waals surface area contributed by atoms with Crippen molar-refractivity contribution in [3.8, 4) is 0 Å². The molecule has 21 heavy (non-hydrogen) atoms. The van der Waals surface area contributed by atoms with Gasteiger partial charge in [-0.15, -0.1) is 11.3 Å². The molecule has 0 fully saturated rings. The Morgan fingerprint density at radius 1 is 1.24 bits per heavy atom. The molecule has 0 unspecified atom stereocenters. The molecule has 1 aliphatic carbocycles. The van der Waals surface area contributed by atoms with Crippen molar-refractivity contribution in [3.63, 3.8) is 0 Å². The van der Waals surface area contributed by atoms with Crippen LogP contribution in [0, 0.1) is 6.08 Å². The Morgan fingerprint density at radius 3 is 2.19 bits per heavy atom. The van der Waals surface area contributed by atoms with Crippen LogP contribution in [0.3, 0.4) is 0 Å². The SMILES string of the molecule is CC(=C1[C-]=C(NC(C)(C)C)C=C1)[Si](C)(C)CCO.[Cl-].[Cl-].[Zr+3]. The van der Waals surface area contributed by atoms with Crippen molar-refractivity contribution >= 4 is 8.07 Å². The third kappa shape index (κ3) is 8.76. The van der Waals surface area contributed by atoms with Gasteiger partial charge < -0.3 is 35.2 Å². The number of aliphatic hydroxyl groups is 1. The minimum Gasteiger partial charge on any atom is -1.00 e. The summed E-state index contributed by atoms with van der Waals surface area (Å²) in [6, 6.07) is 0.917. The summed E-state index contributed by atoms with van der Waals surface area (Å²) in [5.41, 5.74) is 2.33. The first-order chi connectivity index (χ1) is 8.15. The Hall–Kier alpha value is 0.660. The van der Waals surface area contributed by atoms with E-state index >= 15 is 0 Å². The Labute approximate surface area is 162 Å². The molecular weight excluding hydrogens is 400 g/mol. The topological polar surface area (TPSA) is 32.3 Å². The summed E-state index contributed by atoms with van der Waals surface area (Å²) in [5.74, 6) is 0. The molecule has 1 rings (SSSR count). The zero-order valence-corrected chi connectivity index (χ0v) is 18.7. The first-order valence-corrected chi connectivity index (χ1v) is 9.79. The van der Waals surface area contributed by atoms with Crippen LogP contribution in [0.1, 0.15) is 27.7 Å². The molecule has 1 aliphatic rings. The van der Waals surface area contributed by atoms with Crippen LogP contribution in [0.5, 0.6) is 0 Å². The van der Waals surface area contributed by atoms with Crippen LogP contribution in [-0.4, -0.2) is 25.3 Å². The second-order valence-corrected chi connectivity index (χ2v) is 11.7. The maximum atomic E-state index is 9.15. The van der Waals surface area contributed by atoms with E-state index < -0.39 is 8.07 Å². The summed E-state index contributed by atoms with van der Waals surface area (Å²) >= 11 is 0. The van der Waals surface area contributed by atoms with E-state index in [2.05, 4.69) is 64.3 Å². The summed E-state index contributed by atoms with van der Waals surface area (Å²) in [5, 5.41) is 14.0. The fourth-order valence-corrected chi connectivity index (χ4v) is 3.73. The Morgan fingerprint density at radius 2 is 1.76 bits per heavy atom. The van der Waals surface area contributed by atoms with Crippen molar-refractivity contribution in [1.82, 2.24) is 5.32 Å². The van der Waals surface area contributed by atoms with Crippen molar-refractivity contribution in [3.05, 3.63) is 34.7 Å². The predicted molar refractivity (Wildman–Crippen MR) is 80.9 cm³/mol. The first kappa shape index (κ1) is 26.6. The number of hydrogen-bond donors (Lipinski definition) is 2. The average Bonchev–Trinajstić information content (AvgIpc) is 2.62. The van der Waals surface area contributed by atoms with E-state index in [-0.39, 0.29) is 63.2 Å². The van der Waals surface area contributed by atoms with Crippen molar-refractivity contribution in [2.24, 2.45) is 0 Å². The molecule has 0 amide bonds. The van der Waals surface area contributed by atoms with Crippen molar-refractivity contribution < 1.29 is 56.1 Å². The maximum absolute atomic E-state index is 9.15. The standard InChI is InChI=1S/C15H26NOSi.2ClH.Zr/c1-12(18(5,6)10-9-17)13-7-8-14(11-13)16-15(2,3)4;;;/h7-8,16-17H,9-10H2,1-6H3;2*1H;/q-1;;;+3/p-2. The second kappa shape index (κ2) is 10.4. The molecule has 0 bridgehead atoms. The molecule has 0 aromatic carbocycles. The van der Waals surface area contributed by atoms with Crippen LogP contribution in [0.25, 0.3) is 0 Å². The van der Waals surface area contributed by atoms with Gasteiger partial charge in [0.05, 0.1) is 0 Å². The van der Waals surface area contributed by atoms with E-state index in [4.69, 9.17) is 5.11 Å². The van der Waals surface area contributed by atoms with E-state index in [1.807, 2.05) is 0 Å². The van der Waals surface area contributed by atoms with Crippen molar-refractivity contribution in [2.75, 3.05) is 6.61 Å². The van der Waals surface area contributed by atoms with Crippen LogP contribution in [0.15, 0.2) is 28.6 Å². The largest absolute Gasteiger partial charge is 3.00 e. The predicted octanol–water partition coefficient (Wildman–Crippen LogP) is -2.81. The summed E-state index contributed by atoms with van der Waals surface area (Å²) in [6.45, 7) is 13.5. The molecule has 6 heteroatoms. The van der Waals surface area contributed by atoms with Crippen molar-refractivity contribution in [2.45, 2.75) is 52.4 Å². The molecule has 1 radical (unpaired) electrons. The van der Waals surface area contributed by atoms with Crippen LogP contribution in [0.4, 0.5) is 0 Å². The smallest absolute Gasteiger partial charge is 1.00 e. The fourth-order valence-electron chi connectivity index (χ4n) is 1.92. The van der Waals surface area contributed by atoms with Gasteiger partial charge in [-0.1, -0.05) is 25.7 Å². The normalized spacial score (nSPS) is 16.2. The van der Waals surface area contributed by atoms with Crippen molar-refractivity contribution in [1.29, 1.82) is 0 Å². The quantitative estimate of drug-likeness (QED) is 0.376. The molecule has 0 spiro atoms. The van der Waals surface area contributed by atoms with Gasteiger partial charge in [-0.3, -0.25) is 0 Å². The molecule has 0 atom stereocenters. The van der Waals surface area contributed by atoms with E-state index in [9.17, 15) is 0 Å². The molecule has 0 saturated carbocycles. The van der Waals surface area contributed by atoms with Crippen LogP contribution >= 0.6 is 0 Å². The Balaban J connectivity index is -0.00000108. The van der Waals surface area contributed by atoms with Gasteiger partial charge in [0.25, 0.3) is 0 Å². The maximum Gasteiger partial charge on any atom is 3.00 e.